The monoisotopic (exact) mass is 289 g/mol. The van der Waals surface area contributed by atoms with Crippen LogP contribution in [0.4, 0.5) is 0 Å². The summed E-state index contributed by atoms with van der Waals surface area (Å²) in [5, 5.41) is 3.22. The SMILES string of the molecule is CC(C)n1c(=O)oc2ccc(C(=O)N3CCNCC3)cc21. The summed E-state index contributed by atoms with van der Waals surface area (Å²) in [5.41, 5.74) is 1.79. The maximum atomic E-state index is 12.5. The normalized spacial score (nSPS) is 15.9. The van der Waals surface area contributed by atoms with Gasteiger partial charge in [0.05, 0.1) is 5.52 Å². The van der Waals surface area contributed by atoms with E-state index in [1.165, 1.54) is 0 Å². The maximum Gasteiger partial charge on any atom is 0.420 e. The Morgan fingerprint density at radius 3 is 2.67 bits per heavy atom. The Bertz CT molecular complexity index is 723. The van der Waals surface area contributed by atoms with Gasteiger partial charge < -0.3 is 14.6 Å². The lowest BCUT2D eigenvalue weighted by molar-refractivity contribution is 0.0736. The van der Waals surface area contributed by atoms with Gasteiger partial charge in [-0.3, -0.25) is 9.36 Å². The molecule has 112 valence electrons. The molecule has 0 bridgehead atoms. The van der Waals surface area contributed by atoms with Crippen LogP contribution in [0.3, 0.4) is 0 Å². The van der Waals surface area contributed by atoms with Crippen molar-refractivity contribution >= 4 is 17.0 Å². The number of carbonyl (C=O) groups is 1. The summed E-state index contributed by atoms with van der Waals surface area (Å²) < 4.78 is 6.79. The number of piperazine rings is 1. The van der Waals surface area contributed by atoms with Gasteiger partial charge in [-0.15, -0.1) is 0 Å². The highest BCUT2D eigenvalue weighted by atomic mass is 16.4. The van der Waals surface area contributed by atoms with E-state index in [-0.39, 0.29) is 17.7 Å². The molecule has 1 amide bonds. The summed E-state index contributed by atoms with van der Waals surface area (Å²) >= 11 is 0. The fraction of sp³-hybridized carbons (Fsp3) is 0.467. The highest BCUT2D eigenvalue weighted by Gasteiger charge is 2.20. The van der Waals surface area contributed by atoms with E-state index in [1.54, 1.807) is 22.8 Å². The van der Waals surface area contributed by atoms with Crippen LogP contribution in [0, 0.1) is 0 Å². The van der Waals surface area contributed by atoms with Crippen LogP contribution in [0.15, 0.2) is 27.4 Å². The molecule has 2 heterocycles. The van der Waals surface area contributed by atoms with Crippen LogP contribution in [-0.2, 0) is 0 Å². The first kappa shape index (κ1) is 13.9. The molecule has 2 aromatic rings. The molecule has 1 saturated heterocycles. The Morgan fingerprint density at radius 2 is 2.00 bits per heavy atom. The van der Waals surface area contributed by atoms with E-state index in [0.29, 0.717) is 29.8 Å². The number of nitrogens with zero attached hydrogens (tertiary/aromatic N) is 2. The van der Waals surface area contributed by atoms with E-state index in [0.717, 1.165) is 13.1 Å². The van der Waals surface area contributed by atoms with Crippen LogP contribution in [-0.4, -0.2) is 41.6 Å². The molecule has 0 saturated carbocycles. The highest BCUT2D eigenvalue weighted by molar-refractivity contribution is 5.97. The number of hydrogen-bond donors (Lipinski definition) is 1. The first-order chi connectivity index (χ1) is 10.1. The Labute approximate surface area is 122 Å². The smallest absolute Gasteiger partial charge is 0.408 e. The number of rotatable bonds is 2. The second-order valence-electron chi connectivity index (χ2n) is 5.56. The van der Waals surface area contributed by atoms with E-state index >= 15 is 0 Å². The lowest BCUT2D eigenvalue weighted by Gasteiger charge is -2.27. The largest absolute Gasteiger partial charge is 0.420 e. The zero-order valence-corrected chi connectivity index (χ0v) is 12.3. The number of aromatic nitrogens is 1. The number of hydrogen-bond acceptors (Lipinski definition) is 4. The molecule has 1 aromatic heterocycles. The molecule has 0 atom stereocenters. The van der Waals surface area contributed by atoms with Crippen LogP contribution < -0.4 is 11.1 Å². The highest BCUT2D eigenvalue weighted by Crippen LogP contribution is 2.19. The Balaban J connectivity index is 2.01. The summed E-state index contributed by atoms with van der Waals surface area (Å²) in [5.74, 6) is -0.380. The van der Waals surface area contributed by atoms with Crippen LogP contribution in [0.5, 0.6) is 0 Å². The first-order valence-corrected chi connectivity index (χ1v) is 7.23. The molecule has 0 unspecified atom stereocenters. The molecule has 3 rings (SSSR count). The second-order valence-corrected chi connectivity index (χ2v) is 5.56. The van der Waals surface area contributed by atoms with Gasteiger partial charge in [-0.25, -0.2) is 4.79 Å². The molecule has 21 heavy (non-hydrogen) atoms. The number of amides is 1. The molecule has 1 aliphatic heterocycles. The van der Waals surface area contributed by atoms with Gasteiger partial charge in [-0.2, -0.15) is 0 Å². The van der Waals surface area contributed by atoms with Crippen molar-refractivity contribution in [2.75, 3.05) is 26.2 Å². The maximum absolute atomic E-state index is 12.5. The van der Waals surface area contributed by atoms with Gasteiger partial charge in [0.15, 0.2) is 5.58 Å². The topological polar surface area (TPSA) is 67.5 Å². The lowest BCUT2D eigenvalue weighted by Crippen LogP contribution is -2.46. The minimum absolute atomic E-state index is 0.00218. The summed E-state index contributed by atoms with van der Waals surface area (Å²) in [6.45, 7) is 6.88. The predicted octanol–water partition coefficient (Wildman–Crippen LogP) is 1.22. The lowest BCUT2D eigenvalue weighted by atomic mass is 10.1. The third kappa shape index (κ3) is 2.47. The fourth-order valence-corrected chi connectivity index (χ4v) is 2.71. The zero-order chi connectivity index (χ0) is 15.0. The molecule has 0 radical (unpaired) electrons. The Kier molecular flexibility index (Phi) is 3.55. The second kappa shape index (κ2) is 5.37. The van der Waals surface area contributed by atoms with Crippen molar-refractivity contribution in [3.8, 4) is 0 Å². The van der Waals surface area contributed by atoms with Gasteiger partial charge in [0, 0.05) is 37.8 Å². The predicted molar refractivity (Wildman–Crippen MR) is 79.6 cm³/mol. The van der Waals surface area contributed by atoms with Crippen LogP contribution in [0.1, 0.15) is 30.2 Å². The molecule has 0 spiro atoms. The third-order valence-corrected chi connectivity index (χ3v) is 3.78. The van der Waals surface area contributed by atoms with E-state index in [9.17, 15) is 9.59 Å². The molecule has 1 N–H and O–H groups in total. The number of carbonyl (C=O) groups excluding carboxylic acids is 1. The average Bonchev–Trinajstić information content (AvgIpc) is 2.82. The fourth-order valence-electron chi connectivity index (χ4n) is 2.71. The molecule has 0 aliphatic carbocycles. The first-order valence-electron chi connectivity index (χ1n) is 7.23. The minimum atomic E-state index is -0.383. The molecule has 1 aromatic carbocycles. The van der Waals surface area contributed by atoms with Crippen molar-refractivity contribution in [2.45, 2.75) is 19.9 Å². The molecule has 1 aliphatic rings. The quantitative estimate of drug-likeness (QED) is 0.902. The van der Waals surface area contributed by atoms with Crippen molar-refractivity contribution in [1.82, 2.24) is 14.8 Å². The van der Waals surface area contributed by atoms with Crippen LogP contribution in [0.25, 0.3) is 11.1 Å². The van der Waals surface area contributed by atoms with Crippen molar-refractivity contribution in [3.05, 3.63) is 34.3 Å². The van der Waals surface area contributed by atoms with Crippen molar-refractivity contribution in [1.29, 1.82) is 0 Å². The van der Waals surface area contributed by atoms with E-state index in [4.69, 9.17) is 4.42 Å². The van der Waals surface area contributed by atoms with Gasteiger partial charge in [-0.1, -0.05) is 0 Å². The van der Waals surface area contributed by atoms with Gasteiger partial charge in [-0.05, 0) is 32.0 Å². The van der Waals surface area contributed by atoms with E-state index in [1.807, 2.05) is 18.7 Å². The summed E-state index contributed by atoms with van der Waals surface area (Å²) in [6, 6.07) is 5.17. The summed E-state index contributed by atoms with van der Waals surface area (Å²) in [4.78, 5) is 26.2. The van der Waals surface area contributed by atoms with Gasteiger partial charge in [0.25, 0.3) is 5.91 Å². The zero-order valence-electron chi connectivity index (χ0n) is 12.3. The molecular weight excluding hydrogens is 270 g/mol. The van der Waals surface area contributed by atoms with Crippen molar-refractivity contribution < 1.29 is 9.21 Å². The van der Waals surface area contributed by atoms with Gasteiger partial charge in [0.1, 0.15) is 0 Å². The molecule has 1 fully saturated rings. The molecular formula is C15H19N3O3. The average molecular weight is 289 g/mol. The third-order valence-electron chi connectivity index (χ3n) is 3.78. The number of nitrogens with one attached hydrogen (secondary N) is 1. The van der Waals surface area contributed by atoms with Gasteiger partial charge >= 0.3 is 5.76 Å². The molecule has 6 heteroatoms. The molecule has 6 nitrogen and oxygen atoms in total. The van der Waals surface area contributed by atoms with Gasteiger partial charge in [0.2, 0.25) is 0 Å². The minimum Gasteiger partial charge on any atom is -0.408 e. The summed E-state index contributed by atoms with van der Waals surface area (Å²) in [7, 11) is 0. The number of fused-ring (bicyclic) bond motifs is 1. The van der Waals surface area contributed by atoms with Crippen molar-refractivity contribution in [3.63, 3.8) is 0 Å². The number of oxazole rings is 1. The summed E-state index contributed by atoms with van der Waals surface area (Å²) in [6.07, 6.45) is 0. The number of benzene rings is 1. The Morgan fingerprint density at radius 1 is 1.29 bits per heavy atom. The standard InChI is InChI=1S/C15H19N3O3/c1-10(2)18-12-9-11(3-4-13(12)21-15(18)20)14(19)17-7-5-16-6-8-17/h3-4,9-10,16H,5-8H2,1-2H3. The van der Waals surface area contributed by atoms with Crippen molar-refractivity contribution in [2.24, 2.45) is 0 Å². The van der Waals surface area contributed by atoms with E-state index in [2.05, 4.69) is 5.32 Å². The van der Waals surface area contributed by atoms with Crippen LogP contribution in [0.2, 0.25) is 0 Å². The Hall–Kier alpha value is -2.08. The van der Waals surface area contributed by atoms with Crippen LogP contribution >= 0.6 is 0 Å². The van der Waals surface area contributed by atoms with E-state index < -0.39 is 0 Å².